The highest BCUT2D eigenvalue weighted by molar-refractivity contribution is 9.10. The molecular weight excluding hydrogens is 568 g/mol. The molecule has 0 bridgehead atoms. The molecule has 0 spiro atoms. The molecule has 4 rings (SSSR count). The highest BCUT2D eigenvalue weighted by atomic mass is 79.9. The molecule has 0 saturated heterocycles. The fraction of sp³-hybridized carbons (Fsp3) is 0.344. The molecule has 0 unspecified atom stereocenters. The molecule has 2 N–H and O–H groups in total. The van der Waals surface area contributed by atoms with E-state index >= 15 is 0 Å². The summed E-state index contributed by atoms with van der Waals surface area (Å²) in [6.45, 7) is 13.3. The number of aromatic nitrogens is 1. The molecule has 1 atom stereocenters. The van der Waals surface area contributed by atoms with Crippen LogP contribution in [0.15, 0.2) is 88.1 Å². The minimum atomic E-state index is -2.10. The lowest BCUT2D eigenvalue weighted by Gasteiger charge is -2.39. The molecule has 0 radical (unpaired) electrons. The van der Waals surface area contributed by atoms with Crippen LogP contribution in [0.25, 0.3) is 10.9 Å². The molecular formula is C32H39BrN2O3Si. The van der Waals surface area contributed by atoms with Gasteiger partial charge in [0.05, 0.1) is 11.6 Å². The molecule has 206 valence electrons. The van der Waals surface area contributed by atoms with Gasteiger partial charge in [-0.25, -0.2) is 0 Å². The van der Waals surface area contributed by atoms with Crippen LogP contribution < -0.4 is 15.6 Å². The van der Waals surface area contributed by atoms with Crippen molar-refractivity contribution < 1.29 is 9.16 Å². The number of hydrogen-bond donors (Lipinski definition) is 2. The Bertz CT molecular complexity index is 1430. The standard InChI is InChI=1S/C32H39BrN2O3Si/c1-32(2,3)39(4,5)38-29(21-34-20-19-23-11-13-25(33)14-12-23)26-15-17-28(31-27(26)16-18-30(36)35-31)37-22-24-9-7-6-8-10-24/h6-18,29,34H,19-22H2,1-5H3,(H,35,36)/t29-/m1/s1. The van der Waals surface area contributed by atoms with Crippen LogP contribution >= 0.6 is 15.9 Å². The van der Waals surface area contributed by atoms with E-state index in [-0.39, 0.29) is 16.7 Å². The fourth-order valence-electron chi connectivity index (χ4n) is 4.25. The van der Waals surface area contributed by atoms with E-state index in [1.54, 1.807) is 6.07 Å². The average molecular weight is 608 g/mol. The zero-order chi connectivity index (χ0) is 28.0. The second kappa shape index (κ2) is 12.6. The first-order valence-electron chi connectivity index (χ1n) is 13.5. The van der Waals surface area contributed by atoms with Crippen molar-refractivity contribution in [2.45, 2.75) is 58.0 Å². The molecule has 5 nitrogen and oxygen atoms in total. The quantitative estimate of drug-likeness (QED) is 0.135. The van der Waals surface area contributed by atoms with E-state index in [9.17, 15) is 4.79 Å². The average Bonchev–Trinajstić information content (AvgIpc) is 2.90. The van der Waals surface area contributed by atoms with Crippen LogP contribution in [-0.2, 0) is 17.5 Å². The van der Waals surface area contributed by atoms with E-state index in [0.29, 0.717) is 24.4 Å². The SMILES string of the molecule is CC(C)(C)[Si](C)(C)O[C@H](CNCCc1ccc(Br)cc1)c1ccc(OCc2ccccc2)c2[nH]c(=O)ccc12. The van der Waals surface area contributed by atoms with Crippen LogP contribution in [0, 0.1) is 0 Å². The number of H-pyrrole nitrogens is 1. The number of halogens is 1. The van der Waals surface area contributed by atoms with Gasteiger partial charge in [0.25, 0.3) is 0 Å². The zero-order valence-corrected chi connectivity index (χ0v) is 26.1. The molecule has 1 heterocycles. The lowest BCUT2D eigenvalue weighted by Crippen LogP contribution is -2.43. The van der Waals surface area contributed by atoms with Gasteiger partial charge in [0.1, 0.15) is 12.4 Å². The largest absolute Gasteiger partial charge is 0.487 e. The lowest BCUT2D eigenvalue weighted by atomic mass is 10.0. The van der Waals surface area contributed by atoms with E-state index in [4.69, 9.17) is 9.16 Å². The summed E-state index contributed by atoms with van der Waals surface area (Å²) in [4.78, 5) is 15.4. The van der Waals surface area contributed by atoms with Crippen LogP contribution in [0.3, 0.4) is 0 Å². The molecule has 0 amide bonds. The van der Waals surface area contributed by atoms with Crippen molar-refractivity contribution in [3.05, 3.63) is 110 Å². The topological polar surface area (TPSA) is 63.4 Å². The highest BCUT2D eigenvalue weighted by Crippen LogP contribution is 2.41. The highest BCUT2D eigenvalue weighted by Gasteiger charge is 2.39. The molecule has 0 aliphatic rings. The lowest BCUT2D eigenvalue weighted by molar-refractivity contribution is 0.182. The first-order valence-corrected chi connectivity index (χ1v) is 17.2. The molecule has 7 heteroatoms. The summed E-state index contributed by atoms with van der Waals surface area (Å²) in [5.41, 5.74) is 3.96. The third-order valence-corrected chi connectivity index (χ3v) is 12.6. The van der Waals surface area contributed by atoms with Gasteiger partial charge in [0.15, 0.2) is 8.32 Å². The Morgan fingerprint density at radius 2 is 1.64 bits per heavy atom. The first-order chi connectivity index (χ1) is 18.5. The number of nitrogens with one attached hydrogen (secondary N) is 2. The minimum absolute atomic E-state index is 0.0610. The molecule has 3 aromatic carbocycles. The van der Waals surface area contributed by atoms with Crippen LogP contribution in [0.2, 0.25) is 18.1 Å². The number of fused-ring (bicyclic) bond motifs is 1. The number of rotatable bonds is 11. The van der Waals surface area contributed by atoms with Crippen molar-refractivity contribution in [3.63, 3.8) is 0 Å². The smallest absolute Gasteiger partial charge is 0.248 e. The van der Waals surface area contributed by atoms with Crippen molar-refractivity contribution in [2.24, 2.45) is 0 Å². The zero-order valence-electron chi connectivity index (χ0n) is 23.5. The monoisotopic (exact) mass is 606 g/mol. The van der Waals surface area contributed by atoms with E-state index in [0.717, 1.165) is 34.0 Å². The van der Waals surface area contributed by atoms with Gasteiger partial charge < -0.3 is 19.5 Å². The van der Waals surface area contributed by atoms with Crippen molar-refractivity contribution in [1.82, 2.24) is 10.3 Å². The Balaban J connectivity index is 1.61. The van der Waals surface area contributed by atoms with Gasteiger partial charge in [-0.1, -0.05) is 85.2 Å². The fourth-order valence-corrected chi connectivity index (χ4v) is 5.79. The Hall–Kier alpha value is -2.71. The Labute approximate surface area is 241 Å². The Morgan fingerprint density at radius 3 is 2.33 bits per heavy atom. The van der Waals surface area contributed by atoms with Crippen molar-refractivity contribution in [3.8, 4) is 5.75 Å². The molecule has 0 aliphatic carbocycles. The number of aromatic amines is 1. The maximum Gasteiger partial charge on any atom is 0.248 e. The minimum Gasteiger partial charge on any atom is -0.487 e. The van der Waals surface area contributed by atoms with Crippen molar-refractivity contribution in [1.29, 1.82) is 0 Å². The van der Waals surface area contributed by atoms with Gasteiger partial charge in [0, 0.05) is 22.5 Å². The van der Waals surface area contributed by atoms with Gasteiger partial charge in [-0.3, -0.25) is 4.79 Å². The second-order valence-electron chi connectivity index (χ2n) is 11.5. The van der Waals surface area contributed by atoms with E-state index in [1.165, 1.54) is 5.56 Å². The Morgan fingerprint density at radius 1 is 0.923 bits per heavy atom. The summed E-state index contributed by atoms with van der Waals surface area (Å²) in [5, 5.41) is 4.64. The van der Waals surface area contributed by atoms with Crippen LogP contribution in [-0.4, -0.2) is 26.4 Å². The third-order valence-electron chi connectivity index (χ3n) is 7.55. The predicted molar refractivity (Wildman–Crippen MR) is 167 cm³/mol. The van der Waals surface area contributed by atoms with E-state index in [1.807, 2.05) is 42.5 Å². The van der Waals surface area contributed by atoms with Gasteiger partial charge in [-0.15, -0.1) is 0 Å². The summed E-state index contributed by atoms with van der Waals surface area (Å²) < 4.78 is 14.3. The van der Waals surface area contributed by atoms with E-state index < -0.39 is 8.32 Å². The molecule has 0 fully saturated rings. The van der Waals surface area contributed by atoms with Crippen LogP contribution in [0.1, 0.15) is 43.6 Å². The van der Waals surface area contributed by atoms with Crippen LogP contribution in [0.5, 0.6) is 5.75 Å². The predicted octanol–water partition coefficient (Wildman–Crippen LogP) is 7.76. The molecule has 39 heavy (non-hydrogen) atoms. The molecule has 0 aliphatic heterocycles. The van der Waals surface area contributed by atoms with Crippen molar-refractivity contribution in [2.75, 3.05) is 13.1 Å². The normalized spacial score (nSPS) is 13.0. The first kappa shape index (κ1) is 29.3. The molecule has 4 aromatic rings. The molecule has 0 saturated carbocycles. The number of hydrogen-bond acceptors (Lipinski definition) is 4. The number of pyridine rings is 1. The Kier molecular flexibility index (Phi) is 9.49. The van der Waals surface area contributed by atoms with E-state index in [2.05, 4.69) is 90.4 Å². The van der Waals surface area contributed by atoms with Gasteiger partial charge in [-0.05, 0) is 72.1 Å². The number of benzene rings is 3. The summed E-state index contributed by atoms with van der Waals surface area (Å²) >= 11 is 3.51. The summed E-state index contributed by atoms with van der Waals surface area (Å²) in [6.07, 6.45) is 0.757. The summed E-state index contributed by atoms with van der Waals surface area (Å²) in [7, 11) is -2.10. The summed E-state index contributed by atoms with van der Waals surface area (Å²) in [5.74, 6) is 0.657. The maximum atomic E-state index is 12.4. The van der Waals surface area contributed by atoms with Gasteiger partial charge in [0.2, 0.25) is 5.56 Å². The molecule has 1 aromatic heterocycles. The van der Waals surface area contributed by atoms with Gasteiger partial charge in [-0.2, -0.15) is 0 Å². The summed E-state index contributed by atoms with van der Waals surface area (Å²) in [6, 6.07) is 26.0. The third kappa shape index (κ3) is 7.69. The maximum absolute atomic E-state index is 12.4. The number of ether oxygens (including phenoxy) is 1. The van der Waals surface area contributed by atoms with Crippen molar-refractivity contribution >= 4 is 35.2 Å². The van der Waals surface area contributed by atoms with Gasteiger partial charge >= 0.3 is 0 Å². The van der Waals surface area contributed by atoms with Crippen LogP contribution in [0.4, 0.5) is 0 Å². The second-order valence-corrected chi connectivity index (χ2v) is 17.2.